The molecule has 178 valence electrons. The molecule has 0 atom stereocenters. The number of anilines is 1. The predicted molar refractivity (Wildman–Crippen MR) is 117 cm³/mol. The largest absolute Gasteiger partial charge is 0.478 e. The number of hydrogen-bond donors (Lipinski definition) is 2. The second-order valence-electron chi connectivity index (χ2n) is 6.78. The third-order valence-electron chi connectivity index (χ3n) is 4.73. The van der Waals surface area contributed by atoms with Gasteiger partial charge in [-0.15, -0.1) is 0 Å². The number of ether oxygens (including phenoxy) is 3. The maximum atomic E-state index is 13.2. The van der Waals surface area contributed by atoms with Crippen LogP contribution in [0.1, 0.15) is 5.56 Å². The number of nitrogens with zero attached hydrogens (tertiary/aromatic N) is 4. The van der Waals surface area contributed by atoms with Crippen LogP contribution in [0.5, 0.6) is 17.5 Å². The molecule has 14 heteroatoms. The van der Waals surface area contributed by atoms with Crippen LogP contribution in [0, 0.1) is 6.92 Å². The molecule has 0 unspecified atom stereocenters. The van der Waals surface area contributed by atoms with Crippen LogP contribution in [0.15, 0.2) is 41.7 Å². The van der Waals surface area contributed by atoms with Crippen LogP contribution < -0.4 is 18.9 Å². The number of benzene rings is 1. The molecule has 0 spiro atoms. The van der Waals surface area contributed by atoms with Crippen LogP contribution in [0.3, 0.4) is 0 Å². The van der Waals surface area contributed by atoms with E-state index >= 15 is 0 Å². The molecule has 0 radical (unpaired) electrons. The molecule has 0 fully saturated rings. The lowest BCUT2D eigenvalue weighted by molar-refractivity contribution is -0.0533. The first-order chi connectivity index (χ1) is 16.2. The van der Waals surface area contributed by atoms with E-state index in [4.69, 9.17) is 9.47 Å². The highest BCUT2D eigenvalue weighted by Crippen LogP contribution is 2.37. The van der Waals surface area contributed by atoms with E-state index in [0.29, 0.717) is 22.3 Å². The maximum absolute atomic E-state index is 13.2. The normalized spacial score (nSPS) is 11.6. The van der Waals surface area contributed by atoms with Crippen molar-refractivity contribution in [2.45, 2.75) is 18.4 Å². The zero-order chi connectivity index (χ0) is 24.5. The Kier molecular flexibility index (Phi) is 6.15. The molecule has 0 saturated carbocycles. The van der Waals surface area contributed by atoms with E-state index in [1.807, 2.05) is 6.92 Å². The summed E-state index contributed by atoms with van der Waals surface area (Å²) in [7, 11) is -1.95. The van der Waals surface area contributed by atoms with Gasteiger partial charge in [0.15, 0.2) is 5.82 Å². The highest BCUT2D eigenvalue weighted by molar-refractivity contribution is 7.93. The summed E-state index contributed by atoms with van der Waals surface area (Å²) in [5, 5.41) is 0.372. The molecule has 4 rings (SSSR count). The molecule has 0 amide bonds. The number of H-pyrrole nitrogens is 1. The molecule has 2 N–H and O–H groups in total. The van der Waals surface area contributed by atoms with Gasteiger partial charge in [-0.3, -0.25) is 0 Å². The second-order valence-corrected chi connectivity index (χ2v) is 8.44. The summed E-state index contributed by atoms with van der Waals surface area (Å²) in [4.78, 5) is 19.0. The SMILES string of the molecule is COc1nc(NS(=O)(=O)c2c[nH]c3c(-c4ncccn4)c(C)ccc23)nc(OC)c1OC(F)F. The number of halogens is 2. The van der Waals surface area contributed by atoms with E-state index in [0.717, 1.165) is 19.8 Å². The van der Waals surface area contributed by atoms with Gasteiger partial charge in [-0.25, -0.2) is 23.1 Å². The number of alkyl halides is 2. The van der Waals surface area contributed by atoms with Gasteiger partial charge < -0.3 is 19.2 Å². The number of aryl methyl sites for hydroxylation is 1. The van der Waals surface area contributed by atoms with Crippen molar-refractivity contribution in [3.63, 3.8) is 0 Å². The molecule has 34 heavy (non-hydrogen) atoms. The highest BCUT2D eigenvalue weighted by Gasteiger charge is 2.26. The minimum absolute atomic E-state index is 0.103. The Morgan fingerprint density at radius 3 is 2.29 bits per heavy atom. The number of aromatic nitrogens is 5. The molecule has 0 bridgehead atoms. The zero-order valence-electron chi connectivity index (χ0n) is 18.0. The topological polar surface area (TPSA) is 141 Å². The molecule has 1 aromatic carbocycles. The molecular formula is C20H18F2N6O5S. The van der Waals surface area contributed by atoms with Crippen LogP contribution in [0.2, 0.25) is 0 Å². The van der Waals surface area contributed by atoms with Crippen LogP contribution in [0.25, 0.3) is 22.3 Å². The monoisotopic (exact) mass is 492 g/mol. The Balaban J connectivity index is 1.77. The summed E-state index contributed by atoms with van der Waals surface area (Å²) < 4.78 is 68.3. The van der Waals surface area contributed by atoms with Crippen molar-refractivity contribution in [1.29, 1.82) is 0 Å². The van der Waals surface area contributed by atoms with Crippen molar-refractivity contribution in [1.82, 2.24) is 24.9 Å². The van der Waals surface area contributed by atoms with Gasteiger partial charge in [0, 0.05) is 29.5 Å². The van der Waals surface area contributed by atoms with Gasteiger partial charge in [-0.2, -0.15) is 18.7 Å². The van der Waals surface area contributed by atoms with Crippen molar-refractivity contribution in [3.8, 4) is 28.9 Å². The van der Waals surface area contributed by atoms with E-state index in [-0.39, 0.29) is 4.90 Å². The van der Waals surface area contributed by atoms with Crippen LogP contribution in [-0.4, -0.2) is 54.2 Å². The molecule has 0 aliphatic heterocycles. The average molecular weight is 492 g/mol. The van der Waals surface area contributed by atoms with Crippen molar-refractivity contribution < 1.29 is 31.4 Å². The van der Waals surface area contributed by atoms with Gasteiger partial charge in [0.05, 0.1) is 19.7 Å². The quantitative estimate of drug-likeness (QED) is 0.379. The molecule has 0 aliphatic rings. The van der Waals surface area contributed by atoms with Gasteiger partial charge in [0.1, 0.15) is 4.90 Å². The lowest BCUT2D eigenvalue weighted by Crippen LogP contribution is -2.16. The van der Waals surface area contributed by atoms with Gasteiger partial charge in [0.25, 0.3) is 21.8 Å². The third-order valence-corrected chi connectivity index (χ3v) is 6.10. The molecule has 3 aromatic heterocycles. The third kappa shape index (κ3) is 4.26. The van der Waals surface area contributed by atoms with Gasteiger partial charge >= 0.3 is 6.61 Å². The molecule has 0 saturated heterocycles. The fourth-order valence-corrected chi connectivity index (χ4v) is 4.43. The Morgan fingerprint density at radius 2 is 1.71 bits per heavy atom. The Hall–Kier alpha value is -4.07. The molecule has 4 aromatic rings. The molecule has 0 aliphatic carbocycles. The number of hydrogen-bond acceptors (Lipinski definition) is 9. The lowest BCUT2D eigenvalue weighted by atomic mass is 10.0. The number of methoxy groups -OCH3 is 2. The Labute approximate surface area is 192 Å². The van der Waals surface area contributed by atoms with E-state index in [1.165, 1.54) is 6.20 Å². The summed E-state index contributed by atoms with van der Waals surface area (Å²) in [6.07, 6.45) is 4.48. The van der Waals surface area contributed by atoms with Crippen molar-refractivity contribution in [2.75, 3.05) is 18.9 Å². The lowest BCUT2D eigenvalue weighted by Gasteiger charge is -2.14. The first kappa shape index (κ1) is 23.1. The Bertz CT molecular complexity index is 1420. The summed E-state index contributed by atoms with van der Waals surface area (Å²) in [6.45, 7) is -1.35. The van der Waals surface area contributed by atoms with Crippen molar-refractivity contribution >= 4 is 26.9 Å². The van der Waals surface area contributed by atoms with Gasteiger partial charge in [0.2, 0.25) is 11.7 Å². The van der Waals surface area contributed by atoms with E-state index in [9.17, 15) is 17.2 Å². The number of nitrogens with one attached hydrogen (secondary N) is 2. The molecular weight excluding hydrogens is 474 g/mol. The minimum Gasteiger partial charge on any atom is -0.478 e. The van der Waals surface area contributed by atoms with Crippen molar-refractivity contribution in [3.05, 3.63) is 42.4 Å². The Morgan fingerprint density at radius 1 is 1.06 bits per heavy atom. The fraction of sp³-hybridized carbons (Fsp3) is 0.200. The first-order valence-corrected chi connectivity index (χ1v) is 11.1. The molecule has 11 nitrogen and oxygen atoms in total. The van der Waals surface area contributed by atoms with E-state index in [2.05, 4.69) is 34.4 Å². The summed E-state index contributed by atoms with van der Waals surface area (Å²) >= 11 is 0. The minimum atomic E-state index is -4.24. The predicted octanol–water partition coefficient (Wildman–Crippen LogP) is 3.14. The molecule has 3 heterocycles. The zero-order valence-corrected chi connectivity index (χ0v) is 18.9. The number of sulfonamides is 1. The average Bonchev–Trinajstić information content (AvgIpc) is 3.24. The number of aromatic amines is 1. The van der Waals surface area contributed by atoms with Gasteiger partial charge in [-0.1, -0.05) is 12.1 Å². The summed E-state index contributed by atoms with van der Waals surface area (Å²) in [6, 6.07) is 5.07. The van der Waals surface area contributed by atoms with E-state index < -0.39 is 40.1 Å². The van der Waals surface area contributed by atoms with E-state index in [1.54, 1.807) is 30.6 Å². The van der Waals surface area contributed by atoms with Crippen LogP contribution in [0.4, 0.5) is 14.7 Å². The first-order valence-electron chi connectivity index (χ1n) is 9.61. The highest BCUT2D eigenvalue weighted by atomic mass is 32.2. The summed E-state index contributed by atoms with van der Waals surface area (Å²) in [5.41, 5.74) is 2.00. The van der Waals surface area contributed by atoms with Crippen LogP contribution in [-0.2, 0) is 10.0 Å². The number of fused-ring (bicyclic) bond motifs is 1. The second kappa shape index (κ2) is 9.05. The maximum Gasteiger partial charge on any atom is 0.387 e. The fourth-order valence-electron chi connectivity index (χ4n) is 3.31. The summed E-state index contributed by atoms with van der Waals surface area (Å²) in [5.74, 6) is -1.50. The van der Waals surface area contributed by atoms with Crippen molar-refractivity contribution in [2.24, 2.45) is 0 Å². The smallest absolute Gasteiger partial charge is 0.387 e. The van der Waals surface area contributed by atoms with Crippen LogP contribution >= 0.6 is 0 Å². The van der Waals surface area contributed by atoms with Gasteiger partial charge in [-0.05, 0) is 18.6 Å². The number of rotatable bonds is 8. The standard InChI is InChI=1S/C20H18F2N6O5S/c1-10-5-6-11-12(9-25-14(11)13(10)16-23-7-4-8-24-16)34(29,30)28-20-26-17(31-2)15(33-19(21)22)18(27-20)32-3/h4-9,19,25H,1-3H3,(H,26,27,28).